The summed E-state index contributed by atoms with van der Waals surface area (Å²) in [6, 6.07) is 2.01. The predicted molar refractivity (Wildman–Crippen MR) is 156 cm³/mol. The van der Waals surface area contributed by atoms with Crippen LogP contribution in [0.3, 0.4) is 0 Å². The number of nitrogens with two attached hydrogens (primary N) is 2. The molecule has 1 fully saturated rings. The first-order chi connectivity index (χ1) is 17.7. The van der Waals surface area contributed by atoms with Crippen molar-refractivity contribution in [3.8, 4) is 5.75 Å². The van der Waals surface area contributed by atoms with Crippen LogP contribution in [0.15, 0.2) is 6.07 Å². The zero-order chi connectivity index (χ0) is 28.5. The summed E-state index contributed by atoms with van der Waals surface area (Å²) >= 11 is 0. The highest BCUT2D eigenvalue weighted by molar-refractivity contribution is 5.95. The number of rotatable bonds is 7. The van der Waals surface area contributed by atoms with E-state index in [4.69, 9.17) is 16.2 Å². The standard InChI is InChI=1S/C30H45N5O3/c1-16-14-25(17(2)18(3)27(16)31)38-23(8)30(37)34(9)24-10-12-35(13-11-24)15-26(36)33-29-21(6)19(4)28(32)20(5)22(29)7/h14,23-24H,10-13,15,31-32H2,1-9H3,(H,33,36). The Hall–Kier alpha value is -3.26. The number of likely N-dealkylation sites (tertiary alicyclic amines) is 1. The number of hydrogen-bond acceptors (Lipinski definition) is 6. The van der Waals surface area contributed by atoms with Crippen molar-refractivity contribution in [3.63, 3.8) is 0 Å². The number of carbonyl (C=O) groups is 2. The first-order valence-electron chi connectivity index (χ1n) is 13.4. The molecule has 0 bridgehead atoms. The molecule has 1 heterocycles. The minimum absolute atomic E-state index is 0.0332. The van der Waals surface area contributed by atoms with Crippen LogP contribution in [0.4, 0.5) is 17.1 Å². The molecule has 2 aromatic carbocycles. The molecular formula is C30H45N5O3. The third-order valence-electron chi connectivity index (χ3n) is 8.53. The van der Waals surface area contributed by atoms with Crippen LogP contribution >= 0.6 is 0 Å². The molecule has 1 unspecified atom stereocenters. The smallest absolute Gasteiger partial charge is 0.263 e. The Morgan fingerprint density at radius 2 is 1.47 bits per heavy atom. The maximum Gasteiger partial charge on any atom is 0.263 e. The number of benzene rings is 2. The van der Waals surface area contributed by atoms with Crippen molar-refractivity contribution in [2.75, 3.05) is 43.5 Å². The van der Waals surface area contributed by atoms with E-state index in [1.165, 1.54) is 0 Å². The van der Waals surface area contributed by atoms with Gasteiger partial charge in [0.1, 0.15) is 5.75 Å². The van der Waals surface area contributed by atoms with Crippen LogP contribution in [-0.2, 0) is 9.59 Å². The lowest BCUT2D eigenvalue weighted by molar-refractivity contribution is -0.139. The van der Waals surface area contributed by atoms with Gasteiger partial charge in [0, 0.05) is 43.2 Å². The van der Waals surface area contributed by atoms with Crippen molar-refractivity contribution in [1.29, 1.82) is 0 Å². The first-order valence-corrected chi connectivity index (χ1v) is 13.4. The summed E-state index contributed by atoms with van der Waals surface area (Å²) in [5, 5.41) is 3.12. The van der Waals surface area contributed by atoms with E-state index in [0.29, 0.717) is 12.3 Å². The van der Waals surface area contributed by atoms with Crippen molar-refractivity contribution in [1.82, 2.24) is 9.80 Å². The summed E-state index contributed by atoms with van der Waals surface area (Å²) in [5.74, 6) is 0.614. The normalized spacial score (nSPS) is 15.3. The summed E-state index contributed by atoms with van der Waals surface area (Å²) in [7, 11) is 1.85. The van der Waals surface area contributed by atoms with E-state index in [1.54, 1.807) is 11.8 Å². The second kappa shape index (κ2) is 11.6. The number of nitrogens with one attached hydrogen (secondary N) is 1. The Bertz CT molecular complexity index is 1200. The lowest BCUT2D eigenvalue weighted by Crippen LogP contribution is -2.50. The Kier molecular flexibility index (Phi) is 8.97. The zero-order valence-corrected chi connectivity index (χ0v) is 24.5. The van der Waals surface area contributed by atoms with Gasteiger partial charge in [-0.15, -0.1) is 0 Å². The van der Waals surface area contributed by atoms with Crippen molar-refractivity contribution in [2.24, 2.45) is 0 Å². The molecule has 0 spiro atoms. The molecule has 0 saturated carbocycles. The number of likely N-dealkylation sites (N-methyl/N-ethyl adjacent to an activating group) is 1. The molecule has 1 saturated heterocycles. The molecule has 2 aromatic rings. The van der Waals surface area contributed by atoms with Crippen molar-refractivity contribution < 1.29 is 14.3 Å². The number of anilines is 3. The molecule has 1 atom stereocenters. The van der Waals surface area contributed by atoms with Crippen LogP contribution in [-0.4, -0.2) is 60.4 Å². The largest absolute Gasteiger partial charge is 0.481 e. The maximum absolute atomic E-state index is 13.2. The molecule has 208 valence electrons. The van der Waals surface area contributed by atoms with E-state index >= 15 is 0 Å². The van der Waals surface area contributed by atoms with Gasteiger partial charge in [-0.25, -0.2) is 0 Å². The summed E-state index contributed by atoms with van der Waals surface area (Å²) in [6.45, 7) is 17.5. The van der Waals surface area contributed by atoms with Crippen LogP contribution < -0.4 is 21.5 Å². The fraction of sp³-hybridized carbons (Fsp3) is 0.533. The lowest BCUT2D eigenvalue weighted by Gasteiger charge is -2.37. The lowest BCUT2D eigenvalue weighted by atomic mass is 9.96. The molecule has 5 N–H and O–H groups in total. The Balaban J connectivity index is 1.55. The number of aryl methyl sites for hydroxylation is 1. The van der Waals surface area contributed by atoms with Gasteiger partial charge in [-0.05, 0) is 113 Å². The number of carbonyl (C=O) groups excluding carboxylic acids is 2. The zero-order valence-electron chi connectivity index (χ0n) is 24.5. The van der Waals surface area contributed by atoms with Gasteiger partial charge in [0.15, 0.2) is 6.10 Å². The predicted octanol–water partition coefficient (Wildman–Crippen LogP) is 4.34. The van der Waals surface area contributed by atoms with Gasteiger partial charge in [0.2, 0.25) is 5.91 Å². The van der Waals surface area contributed by atoms with Gasteiger partial charge < -0.3 is 26.4 Å². The van der Waals surface area contributed by atoms with E-state index < -0.39 is 6.10 Å². The molecule has 2 amide bonds. The number of ether oxygens (including phenoxy) is 1. The van der Waals surface area contributed by atoms with Crippen LogP contribution in [0.2, 0.25) is 0 Å². The number of amides is 2. The quantitative estimate of drug-likeness (QED) is 0.465. The molecule has 1 aliphatic heterocycles. The van der Waals surface area contributed by atoms with E-state index in [1.807, 2.05) is 61.6 Å². The summed E-state index contributed by atoms with van der Waals surface area (Å²) < 4.78 is 6.09. The molecule has 38 heavy (non-hydrogen) atoms. The second-order valence-electron chi connectivity index (χ2n) is 10.9. The average molecular weight is 524 g/mol. The van der Waals surface area contributed by atoms with Crippen molar-refractivity contribution >= 4 is 28.9 Å². The van der Waals surface area contributed by atoms with Crippen molar-refractivity contribution in [2.45, 2.75) is 80.4 Å². The first kappa shape index (κ1) is 29.3. The monoisotopic (exact) mass is 523 g/mol. The van der Waals surface area contributed by atoms with E-state index in [0.717, 1.165) is 81.9 Å². The van der Waals surface area contributed by atoms with Gasteiger partial charge in [-0.2, -0.15) is 0 Å². The van der Waals surface area contributed by atoms with E-state index in [-0.39, 0.29) is 17.9 Å². The van der Waals surface area contributed by atoms with Crippen LogP contribution in [0, 0.1) is 48.5 Å². The van der Waals surface area contributed by atoms with E-state index in [9.17, 15) is 9.59 Å². The Morgan fingerprint density at radius 1 is 0.947 bits per heavy atom. The third kappa shape index (κ3) is 5.90. The molecule has 0 aliphatic carbocycles. The highest BCUT2D eigenvalue weighted by Gasteiger charge is 2.30. The van der Waals surface area contributed by atoms with Gasteiger partial charge in [-0.3, -0.25) is 14.5 Å². The molecule has 8 nitrogen and oxygen atoms in total. The van der Waals surface area contributed by atoms with Crippen LogP contribution in [0.5, 0.6) is 5.75 Å². The highest BCUT2D eigenvalue weighted by atomic mass is 16.5. The summed E-state index contributed by atoms with van der Waals surface area (Å²) in [4.78, 5) is 30.0. The molecule has 3 rings (SSSR count). The molecule has 8 heteroatoms. The number of nitrogen functional groups attached to an aromatic ring is 2. The van der Waals surface area contributed by atoms with Gasteiger partial charge in [-0.1, -0.05) is 0 Å². The molecule has 1 aliphatic rings. The number of hydrogen-bond donors (Lipinski definition) is 3. The fourth-order valence-electron chi connectivity index (χ4n) is 5.27. The number of nitrogens with zero attached hydrogens (tertiary/aromatic N) is 2. The Labute approximate surface area is 227 Å². The summed E-state index contributed by atoms with van der Waals surface area (Å²) in [5.41, 5.74) is 21.7. The minimum atomic E-state index is -0.608. The third-order valence-corrected chi connectivity index (χ3v) is 8.53. The average Bonchev–Trinajstić information content (AvgIpc) is 2.90. The van der Waals surface area contributed by atoms with Crippen molar-refractivity contribution in [3.05, 3.63) is 45.0 Å². The molecule has 0 aromatic heterocycles. The molecular weight excluding hydrogens is 478 g/mol. The number of piperidine rings is 1. The topological polar surface area (TPSA) is 114 Å². The van der Waals surface area contributed by atoms with Gasteiger partial charge >= 0.3 is 0 Å². The maximum atomic E-state index is 13.2. The highest BCUT2D eigenvalue weighted by Crippen LogP contribution is 2.33. The summed E-state index contributed by atoms with van der Waals surface area (Å²) in [6.07, 6.45) is 1.00. The second-order valence-corrected chi connectivity index (χ2v) is 10.9. The molecule has 0 radical (unpaired) electrons. The minimum Gasteiger partial charge on any atom is -0.481 e. The van der Waals surface area contributed by atoms with Crippen LogP contribution in [0.1, 0.15) is 58.7 Å². The SMILES string of the molecule is Cc1cc(OC(C)C(=O)N(C)C2CCN(CC(=O)Nc3c(C)c(C)c(N)c(C)c3C)CC2)c(C)c(C)c1N. The van der Waals surface area contributed by atoms with Crippen LogP contribution in [0.25, 0.3) is 0 Å². The van der Waals surface area contributed by atoms with Gasteiger partial charge in [0.25, 0.3) is 5.91 Å². The fourth-order valence-corrected chi connectivity index (χ4v) is 5.27. The van der Waals surface area contributed by atoms with E-state index in [2.05, 4.69) is 10.2 Å². The van der Waals surface area contributed by atoms with Gasteiger partial charge in [0.05, 0.1) is 6.54 Å². The Morgan fingerprint density at radius 3 is 2.03 bits per heavy atom.